The van der Waals surface area contributed by atoms with E-state index in [-0.39, 0.29) is 23.2 Å². The van der Waals surface area contributed by atoms with Gasteiger partial charge in [0.05, 0.1) is 28.9 Å². The van der Waals surface area contributed by atoms with E-state index in [9.17, 15) is 4.79 Å². The second-order valence-electron chi connectivity index (χ2n) is 7.10. The molecule has 3 N–H and O–H groups in total. The molecule has 32 heavy (non-hydrogen) atoms. The van der Waals surface area contributed by atoms with Gasteiger partial charge in [0.1, 0.15) is 5.15 Å². The monoisotopic (exact) mass is 454 g/mol. The fourth-order valence-corrected chi connectivity index (χ4v) is 3.39. The van der Waals surface area contributed by atoms with Crippen LogP contribution in [0.2, 0.25) is 5.15 Å². The van der Waals surface area contributed by atoms with Gasteiger partial charge < -0.3 is 5.73 Å². The average molecular weight is 455 g/mol. The largest absolute Gasteiger partial charge is 0.378 e. The lowest BCUT2D eigenvalue weighted by molar-refractivity contribution is 0.0948. The molecule has 13 heteroatoms. The number of carbonyl (C=O) groups excluding carboxylic acids is 1. The van der Waals surface area contributed by atoms with Crippen molar-refractivity contribution in [2.75, 3.05) is 5.73 Å². The van der Waals surface area contributed by atoms with Crippen molar-refractivity contribution in [3.63, 3.8) is 0 Å². The van der Waals surface area contributed by atoms with E-state index in [1.807, 2.05) is 44.2 Å². The minimum atomic E-state index is -0.560. The molecular weight excluding hydrogens is 436 g/mol. The first-order chi connectivity index (χ1) is 15.4. The number of hydrogen-bond acceptors (Lipinski definition) is 9. The van der Waals surface area contributed by atoms with Crippen molar-refractivity contribution in [1.29, 1.82) is 0 Å². The lowest BCUT2D eigenvalue weighted by Gasteiger charge is -2.08. The fourth-order valence-electron chi connectivity index (χ4n) is 3.07. The maximum atomic E-state index is 12.7. The molecule has 164 valence electrons. The molecule has 0 aliphatic carbocycles. The average Bonchev–Trinajstić information content (AvgIpc) is 3.47. The maximum absolute atomic E-state index is 12.7. The van der Waals surface area contributed by atoms with Gasteiger partial charge in [-0.15, -0.1) is 5.10 Å². The van der Waals surface area contributed by atoms with Crippen LogP contribution in [-0.2, 0) is 0 Å². The zero-order valence-corrected chi connectivity index (χ0v) is 18.1. The predicted octanol–water partition coefficient (Wildman–Crippen LogP) is 2.27. The van der Waals surface area contributed by atoms with E-state index in [1.165, 1.54) is 10.9 Å². The molecule has 0 spiro atoms. The molecule has 0 unspecified atom stereocenters. The highest BCUT2D eigenvalue weighted by Crippen LogP contribution is 2.23. The SMILES string of the molecule is Cc1nn(-c2ccccc2)c(Cl)c1C=NNC(=O)c1nnn(-c2nonc2N)c1C(C)C. The van der Waals surface area contributed by atoms with Crippen LogP contribution >= 0.6 is 11.6 Å². The molecule has 12 nitrogen and oxygen atoms in total. The summed E-state index contributed by atoms with van der Waals surface area (Å²) in [5.41, 5.74) is 10.8. The number of benzene rings is 1. The van der Waals surface area contributed by atoms with Gasteiger partial charge in [0.15, 0.2) is 5.69 Å². The fraction of sp³-hybridized carbons (Fsp3) is 0.211. The molecule has 0 aliphatic heterocycles. The van der Waals surface area contributed by atoms with Crippen LogP contribution in [0.1, 0.15) is 47.2 Å². The number of nitrogen functional groups attached to an aromatic ring is 1. The number of nitrogens with one attached hydrogen (secondary N) is 1. The molecule has 0 saturated carbocycles. The third kappa shape index (κ3) is 3.83. The molecule has 0 radical (unpaired) electrons. The molecule has 3 aromatic heterocycles. The highest BCUT2D eigenvalue weighted by molar-refractivity contribution is 6.32. The van der Waals surface area contributed by atoms with Gasteiger partial charge >= 0.3 is 0 Å². The van der Waals surface area contributed by atoms with Crippen LogP contribution < -0.4 is 11.2 Å². The van der Waals surface area contributed by atoms with Crippen LogP contribution in [0, 0.1) is 6.92 Å². The molecule has 1 amide bonds. The zero-order valence-electron chi connectivity index (χ0n) is 17.4. The summed E-state index contributed by atoms with van der Waals surface area (Å²) in [6, 6.07) is 9.45. The van der Waals surface area contributed by atoms with Crippen LogP contribution in [-0.4, -0.2) is 47.2 Å². The molecular formula is C19H19ClN10O2. The van der Waals surface area contributed by atoms with E-state index in [1.54, 1.807) is 11.6 Å². The summed E-state index contributed by atoms with van der Waals surface area (Å²) in [6.07, 6.45) is 1.43. The third-order valence-corrected chi connectivity index (χ3v) is 4.94. The van der Waals surface area contributed by atoms with E-state index in [0.29, 0.717) is 22.1 Å². The van der Waals surface area contributed by atoms with Gasteiger partial charge in [0.2, 0.25) is 11.6 Å². The highest BCUT2D eigenvalue weighted by atomic mass is 35.5. The quantitative estimate of drug-likeness (QED) is 0.332. The number of nitrogens with zero attached hydrogens (tertiary/aromatic N) is 8. The molecule has 3 heterocycles. The molecule has 1 aromatic carbocycles. The third-order valence-electron chi connectivity index (χ3n) is 4.57. The topological polar surface area (TPSA) is 155 Å². The first-order valence-electron chi connectivity index (χ1n) is 9.56. The summed E-state index contributed by atoms with van der Waals surface area (Å²) in [5.74, 6) is -0.510. The second-order valence-corrected chi connectivity index (χ2v) is 7.46. The summed E-state index contributed by atoms with van der Waals surface area (Å²) in [4.78, 5) is 12.7. The van der Waals surface area contributed by atoms with Crippen molar-refractivity contribution in [1.82, 2.24) is 40.5 Å². The Morgan fingerprint density at radius 3 is 2.66 bits per heavy atom. The van der Waals surface area contributed by atoms with Gasteiger partial charge in [-0.3, -0.25) is 4.79 Å². The van der Waals surface area contributed by atoms with Crippen LogP contribution in [0.4, 0.5) is 5.82 Å². The van der Waals surface area contributed by atoms with Crippen LogP contribution in [0.15, 0.2) is 40.1 Å². The number of para-hydroxylation sites is 1. The Labute approximate surface area is 187 Å². The number of carbonyl (C=O) groups is 1. The van der Waals surface area contributed by atoms with Crippen molar-refractivity contribution >= 4 is 29.5 Å². The number of aromatic nitrogens is 7. The van der Waals surface area contributed by atoms with Crippen molar-refractivity contribution < 1.29 is 9.42 Å². The van der Waals surface area contributed by atoms with E-state index in [0.717, 1.165) is 5.69 Å². The molecule has 0 saturated heterocycles. The summed E-state index contributed by atoms with van der Waals surface area (Å²) >= 11 is 6.48. The van der Waals surface area contributed by atoms with Gasteiger partial charge in [0.25, 0.3) is 5.91 Å². The lowest BCUT2D eigenvalue weighted by Crippen LogP contribution is -2.21. The molecule has 0 atom stereocenters. The van der Waals surface area contributed by atoms with Crippen molar-refractivity contribution in [3.05, 3.63) is 58.1 Å². The Balaban J connectivity index is 1.57. The summed E-state index contributed by atoms with van der Waals surface area (Å²) < 4.78 is 7.53. The van der Waals surface area contributed by atoms with Gasteiger partial charge in [-0.05, 0) is 35.3 Å². The van der Waals surface area contributed by atoms with Gasteiger partial charge in [-0.1, -0.05) is 48.9 Å². The van der Waals surface area contributed by atoms with Gasteiger partial charge in [-0.2, -0.15) is 14.9 Å². The van der Waals surface area contributed by atoms with E-state index in [4.69, 9.17) is 17.3 Å². The smallest absolute Gasteiger partial charge is 0.293 e. The van der Waals surface area contributed by atoms with Crippen LogP contribution in [0.5, 0.6) is 0 Å². The number of hydrogen-bond donors (Lipinski definition) is 2. The molecule has 0 bridgehead atoms. The van der Waals surface area contributed by atoms with Crippen LogP contribution in [0.3, 0.4) is 0 Å². The first-order valence-corrected chi connectivity index (χ1v) is 9.94. The molecule has 0 aliphatic rings. The minimum absolute atomic E-state index is 0.0299. The van der Waals surface area contributed by atoms with Gasteiger partial charge in [0, 0.05) is 0 Å². The van der Waals surface area contributed by atoms with Crippen molar-refractivity contribution in [2.24, 2.45) is 5.10 Å². The summed E-state index contributed by atoms with van der Waals surface area (Å²) in [7, 11) is 0. The van der Waals surface area contributed by atoms with Crippen LogP contribution in [0.25, 0.3) is 11.5 Å². The first kappa shape index (κ1) is 21.2. The number of hydrazone groups is 1. The van der Waals surface area contributed by atoms with Crippen molar-refractivity contribution in [3.8, 4) is 11.5 Å². The number of aryl methyl sites for hydroxylation is 1. The molecule has 4 rings (SSSR count). The molecule has 0 fully saturated rings. The molecule has 4 aromatic rings. The number of rotatable bonds is 6. The number of halogens is 1. The van der Waals surface area contributed by atoms with E-state index in [2.05, 4.69) is 40.9 Å². The predicted molar refractivity (Wildman–Crippen MR) is 116 cm³/mol. The second kappa shape index (κ2) is 8.59. The Bertz CT molecular complexity index is 1290. The Kier molecular flexibility index (Phi) is 5.69. The normalized spacial score (nSPS) is 11.5. The standard InChI is InChI=1S/C19H19ClN10O2/c1-10(2)15-14(23-28-30(15)18-17(21)26-32-27-18)19(31)24-22-9-13-11(3)25-29(16(13)20)12-7-5-4-6-8-12/h4-10H,1-3H3,(H2,21,26)(H,24,31). The Hall–Kier alpha value is -4.06. The van der Waals surface area contributed by atoms with E-state index >= 15 is 0 Å². The zero-order chi connectivity index (χ0) is 22.8. The highest BCUT2D eigenvalue weighted by Gasteiger charge is 2.25. The summed E-state index contributed by atoms with van der Waals surface area (Å²) in [5, 5.41) is 24.0. The maximum Gasteiger partial charge on any atom is 0.293 e. The van der Waals surface area contributed by atoms with Crippen molar-refractivity contribution in [2.45, 2.75) is 26.7 Å². The lowest BCUT2D eigenvalue weighted by atomic mass is 10.1. The van der Waals surface area contributed by atoms with Gasteiger partial charge in [-0.25, -0.2) is 14.7 Å². The Morgan fingerprint density at radius 1 is 1.25 bits per heavy atom. The summed E-state index contributed by atoms with van der Waals surface area (Å²) in [6.45, 7) is 5.55. The Morgan fingerprint density at radius 2 is 2.00 bits per heavy atom. The number of anilines is 1. The van der Waals surface area contributed by atoms with E-state index < -0.39 is 5.91 Å². The minimum Gasteiger partial charge on any atom is -0.378 e. The number of nitrogens with two attached hydrogens (primary N) is 1. The number of amides is 1.